The third kappa shape index (κ3) is 4.58. The van der Waals surface area contributed by atoms with Gasteiger partial charge in [-0.3, -0.25) is 0 Å². The van der Waals surface area contributed by atoms with E-state index in [9.17, 15) is 18.4 Å². The van der Waals surface area contributed by atoms with Crippen LogP contribution in [0.3, 0.4) is 0 Å². The van der Waals surface area contributed by atoms with Crippen LogP contribution in [0.5, 0.6) is 0 Å². The zero-order chi connectivity index (χ0) is 24.6. The number of urea groups is 2. The molecule has 2 aromatic carbocycles. The average Bonchev–Trinajstić information content (AvgIpc) is 3.29. The second-order valence-corrected chi connectivity index (χ2v) is 10.4. The van der Waals surface area contributed by atoms with Crippen LogP contribution >= 0.6 is 0 Å². The van der Waals surface area contributed by atoms with E-state index in [4.69, 9.17) is 0 Å². The van der Waals surface area contributed by atoms with Crippen molar-refractivity contribution >= 4 is 17.7 Å². The van der Waals surface area contributed by atoms with Crippen LogP contribution in [-0.4, -0.2) is 47.7 Å². The van der Waals surface area contributed by atoms with Gasteiger partial charge in [-0.25, -0.2) is 18.4 Å². The summed E-state index contributed by atoms with van der Waals surface area (Å²) in [6, 6.07) is 12.4. The van der Waals surface area contributed by atoms with E-state index in [1.807, 2.05) is 12.1 Å². The fourth-order valence-electron chi connectivity index (χ4n) is 5.97. The highest BCUT2D eigenvalue weighted by molar-refractivity contribution is 5.89. The number of fused-ring (bicyclic) bond motifs is 4. The Labute approximate surface area is 204 Å². The summed E-state index contributed by atoms with van der Waals surface area (Å²) in [5.41, 5.74) is 3.75. The van der Waals surface area contributed by atoms with Gasteiger partial charge in [0, 0.05) is 31.4 Å². The van der Waals surface area contributed by atoms with Crippen molar-refractivity contribution < 1.29 is 18.4 Å². The fourth-order valence-corrected chi connectivity index (χ4v) is 5.97. The summed E-state index contributed by atoms with van der Waals surface area (Å²) in [5.74, 6) is -0.282. The Bertz CT molecular complexity index is 1100. The highest BCUT2D eigenvalue weighted by Gasteiger charge is 2.50. The molecule has 6 rings (SSSR count). The lowest BCUT2D eigenvalue weighted by atomic mass is 9.55. The average molecular weight is 483 g/mol. The second-order valence-electron chi connectivity index (χ2n) is 10.4. The lowest BCUT2D eigenvalue weighted by Gasteiger charge is -2.54. The van der Waals surface area contributed by atoms with Crippen molar-refractivity contribution in [1.29, 1.82) is 0 Å². The maximum Gasteiger partial charge on any atom is 0.322 e. The van der Waals surface area contributed by atoms with Gasteiger partial charge in [0.05, 0.1) is 6.54 Å². The van der Waals surface area contributed by atoms with Crippen LogP contribution in [0.2, 0.25) is 0 Å². The number of alkyl halides is 1. The van der Waals surface area contributed by atoms with Gasteiger partial charge in [0.1, 0.15) is 12.5 Å². The molecule has 6 nitrogen and oxygen atoms in total. The van der Waals surface area contributed by atoms with Crippen molar-refractivity contribution in [3.63, 3.8) is 0 Å². The number of benzene rings is 2. The van der Waals surface area contributed by atoms with Gasteiger partial charge in [-0.2, -0.15) is 0 Å². The summed E-state index contributed by atoms with van der Waals surface area (Å²) in [4.78, 5) is 28.3. The number of rotatable bonds is 5. The Hall–Kier alpha value is -3.16. The molecule has 3 fully saturated rings. The minimum atomic E-state index is -0.540. The Balaban J connectivity index is 1.18. The molecule has 0 atom stereocenters. The Morgan fingerprint density at radius 1 is 0.971 bits per heavy atom. The van der Waals surface area contributed by atoms with Gasteiger partial charge < -0.3 is 20.4 Å². The molecule has 2 bridgehead atoms. The summed E-state index contributed by atoms with van der Waals surface area (Å²) in [6.07, 6.45) is 5.72. The van der Waals surface area contributed by atoms with Crippen LogP contribution in [-0.2, 0) is 18.5 Å². The predicted octanol–water partition coefficient (Wildman–Crippen LogP) is 5.33. The van der Waals surface area contributed by atoms with Crippen LogP contribution in [0.1, 0.15) is 55.2 Å². The maximum absolute atomic E-state index is 13.5. The molecule has 1 heterocycles. The summed E-state index contributed by atoms with van der Waals surface area (Å²) in [6.45, 7) is 0.451. The molecule has 1 aliphatic heterocycles. The zero-order valence-corrected chi connectivity index (χ0v) is 20.1. The molecule has 4 amide bonds. The Morgan fingerprint density at radius 2 is 1.63 bits per heavy atom. The van der Waals surface area contributed by atoms with Crippen molar-refractivity contribution in [2.24, 2.45) is 0 Å². The van der Waals surface area contributed by atoms with E-state index < -0.39 is 6.67 Å². The van der Waals surface area contributed by atoms with E-state index in [0.717, 1.165) is 55.3 Å². The summed E-state index contributed by atoms with van der Waals surface area (Å²) < 4.78 is 26.1. The number of carbonyl (C=O) groups excluding carboxylic acids is 2. The largest absolute Gasteiger partial charge is 0.333 e. The minimum Gasteiger partial charge on any atom is -0.333 e. The maximum atomic E-state index is 13.5. The number of amides is 4. The van der Waals surface area contributed by atoms with Crippen LogP contribution in [0.25, 0.3) is 0 Å². The first-order chi connectivity index (χ1) is 16.8. The molecule has 0 spiro atoms. The molecule has 8 heteroatoms. The second kappa shape index (κ2) is 9.13. The molecule has 4 aliphatic rings. The van der Waals surface area contributed by atoms with Crippen LogP contribution in [0.4, 0.5) is 24.1 Å². The number of nitrogens with one attached hydrogen (secondary N) is 2. The molecule has 3 aliphatic carbocycles. The monoisotopic (exact) mass is 482 g/mol. The third-order valence-electron chi connectivity index (χ3n) is 8.31. The van der Waals surface area contributed by atoms with E-state index >= 15 is 0 Å². The van der Waals surface area contributed by atoms with Crippen molar-refractivity contribution in [2.75, 3.05) is 25.6 Å². The fraction of sp³-hybridized carbons (Fsp3) is 0.481. The summed E-state index contributed by atoms with van der Waals surface area (Å²) >= 11 is 0. The topological polar surface area (TPSA) is 64.7 Å². The van der Waals surface area contributed by atoms with Gasteiger partial charge >= 0.3 is 12.1 Å². The molecule has 35 heavy (non-hydrogen) atoms. The normalized spacial score (nSPS) is 24.7. The third-order valence-corrected chi connectivity index (χ3v) is 8.31. The van der Waals surface area contributed by atoms with Crippen molar-refractivity contribution in [2.45, 2.75) is 62.6 Å². The first kappa shape index (κ1) is 23.6. The molecule has 186 valence electrons. The van der Waals surface area contributed by atoms with Gasteiger partial charge in [0.25, 0.3) is 0 Å². The SMILES string of the molecule is CN(CCF)C(=O)NC12CCC(c3ccc(NC(=O)N4Cc5ccc(F)cc5C4)cc3)(CC1)CC2. The van der Waals surface area contributed by atoms with E-state index in [2.05, 4.69) is 22.8 Å². The quantitative estimate of drug-likeness (QED) is 0.605. The lowest BCUT2D eigenvalue weighted by molar-refractivity contribution is 0.0783. The standard InChI is InChI=1S/C27H32F2N4O2/c1-32(15-14-28)25(35)31-27-11-8-26(9-12-27,10-13-27)21-3-6-23(7-4-21)30-24(34)33-17-19-2-5-22(29)16-20(19)18-33/h2-7,16H,8-15,17-18H2,1H3,(H,30,34)(H,31,35). The minimum absolute atomic E-state index is 0.0977. The number of hydrogen-bond donors (Lipinski definition) is 2. The van der Waals surface area contributed by atoms with Crippen LogP contribution < -0.4 is 10.6 Å². The number of carbonyl (C=O) groups is 2. The molecule has 3 saturated carbocycles. The number of hydrogen-bond acceptors (Lipinski definition) is 2. The molecule has 2 N–H and O–H groups in total. The smallest absolute Gasteiger partial charge is 0.322 e. The molecule has 0 aromatic heterocycles. The highest BCUT2D eigenvalue weighted by atomic mass is 19.1. The first-order valence-corrected chi connectivity index (χ1v) is 12.3. The number of anilines is 1. The Kier molecular flexibility index (Phi) is 6.15. The van der Waals surface area contributed by atoms with Crippen molar-refractivity contribution in [3.05, 3.63) is 65.0 Å². The first-order valence-electron chi connectivity index (χ1n) is 12.3. The van der Waals surface area contributed by atoms with Gasteiger partial charge in [-0.15, -0.1) is 0 Å². The molecule has 0 radical (unpaired) electrons. The highest BCUT2D eigenvalue weighted by Crippen LogP contribution is 2.53. The zero-order valence-electron chi connectivity index (χ0n) is 20.1. The summed E-state index contributed by atoms with van der Waals surface area (Å²) in [5, 5.41) is 6.15. The van der Waals surface area contributed by atoms with Gasteiger partial charge in [0.2, 0.25) is 0 Å². The molecule has 0 unspecified atom stereocenters. The van der Waals surface area contributed by atoms with Gasteiger partial charge in [-0.05, 0) is 84.9 Å². The van der Waals surface area contributed by atoms with E-state index in [1.54, 1.807) is 18.0 Å². The van der Waals surface area contributed by atoms with Gasteiger partial charge in [-0.1, -0.05) is 18.2 Å². The van der Waals surface area contributed by atoms with Gasteiger partial charge in [0.15, 0.2) is 0 Å². The lowest BCUT2D eigenvalue weighted by Crippen LogP contribution is -2.59. The number of halogens is 2. The van der Waals surface area contributed by atoms with E-state index in [0.29, 0.717) is 13.1 Å². The predicted molar refractivity (Wildman–Crippen MR) is 130 cm³/mol. The van der Waals surface area contributed by atoms with Crippen molar-refractivity contribution in [3.8, 4) is 0 Å². The molecular formula is C27H32F2N4O2. The molecular weight excluding hydrogens is 450 g/mol. The Morgan fingerprint density at radius 3 is 2.29 bits per heavy atom. The number of nitrogens with zero attached hydrogens (tertiary/aromatic N) is 2. The molecule has 2 aromatic rings. The van der Waals surface area contributed by atoms with E-state index in [-0.39, 0.29) is 35.4 Å². The van der Waals surface area contributed by atoms with E-state index in [1.165, 1.54) is 22.6 Å². The van der Waals surface area contributed by atoms with Crippen molar-refractivity contribution in [1.82, 2.24) is 15.1 Å². The molecule has 0 saturated heterocycles. The van der Waals surface area contributed by atoms with Crippen LogP contribution in [0.15, 0.2) is 42.5 Å². The summed E-state index contributed by atoms with van der Waals surface area (Å²) in [7, 11) is 1.63. The van der Waals surface area contributed by atoms with Crippen LogP contribution in [0, 0.1) is 5.82 Å².